The van der Waals surface area contributed by atoms with Crippen molar-refractivity contribution >= 4 is 0 Å². The van der Waals surface area contributed by atoms with E-state index in [4.69, 9.17) is 4.74 Å². The summed E-state index contributed by atoms with van der Waals surface area (Å²) in [7, 11) is 2.02. The van der Waals surface area contributed by atoms with Crippen LogP contribution in [-0.2, 0) is 6.54 Å². The second-order valence-electron chi connectivity index (χ2n) is 5.54. The lowest BCUT2D eigenvalue weighted by Gasteiger charge is -2.32. The molecule has 0 radical (unpaired) electrons. The Morgan fingerprint density at radius 3 is 3.05 bits per heavy atom. The van der Waals surface area contributed by atoms with Gasteiger partial charge in [-0.25, -0.2) is 0 Å². The van der Waals surface area contributed by atoms with Gasteiger partial charge in [-0.1, -0.05) is 6.07 Å². The first kappa shape index (κ1) is 15.1. The molecule has 2 rings (SSSR count). The Balaban J connectivity index is 1.96. The van der Waals surface area contributed by atoms with Crippen LogP contribution in [0.15, 0.2) is 18.2 Å². The van der Waals surface area contributed by atoms with Crippen LogP contribution >= 0.6 is 0 Å². The fourth-order valence-corrected chi connectivity index (χ4v) is 2.94. The fourth-order valence-electron chi connectivity index (χ4n) is 2.94. The minimum absolute atomic E-state index is 0.224. The van der Waals surface area contributed by atoms with E-state index in [1.54, 1.807) is 6.07 Å². The zero-order valence-electron chi connectivity index (χ0n) is 12.6. The average Bonchev–Trinajstić information content (AvgIpc) is 2.44. The molecule has 1 unspecified atom stereocenters. The highest BCUT2D eigenvalue weighted by Gasteiger charge is 2.19. The first-order chi connectivity index (χ1) is 9.72. The van der Waals surface area contributed by atoms with E-state index in [1.807, 2.05) is 26.1 Å². The maximum atomic E-state index is 9.74. The van der Waals surface area contributed by atoms with Gasteiger partial charge in [-0.15, -0.1) is 0 Å². The summed E-state index contributed by atoms with van der Waals surface area (Å²) in [6.45, 7) is 6.83. The Bertz CT molecular complexity index is 421. The summed E-state index contributed by atoms with van der Waals surface area (Å²) < 4.78 is 5.45. The van der Waals surface area contributed by atoms with Gasteiger partial charge in [-0.2, -0.15) is 0 Å². The van der Waals surface area contributed by atoms with E-state index in [0.717, 1.165) is 32.1 Å². The highest BCUT2D eigenvalue weighted by Crippen LogP contribution is 2.28. The van der Waals surface area contributed by atoms with Gasteiger partial charge >= 0.3 is 0 Å². The minimum Gasteiger partial charge on any atom is -0.504 e. The van der Waals surface area contributed by atoms with E-state index in [2.05, 4.69) is 10.2 Å². The van der Waals surface area contributed by atoms with Gasteiger partial charge in [0.2, 0.25) is 0 Å². The lowest BCUT2D eigenvalue weighted by atomic mass is 9.97. The molecule has 0 aromatic heterocycles. The number of aromatic hydroxyl groups is 1. The third-order valence-corrected chi connectivity index (χ3v) is 3.83. The van der Waals surface area contributed by atoms with Gasteiger partial charge in [0.05, 0.1) is 6.61 Å². The smallest absolute Gasteiger partial charge is 0.161 e. The number of nitrogens with one attached hydrogen (secondary N) is 1. The molecular weight excluding hydrogens is 252 g/mol. The molecule has 1 aromatic carbocycles. The van der Waals surface area contributed by atoms with Gasteiger partial charge in [-0.3, -0.25) is 4.90 Å². The number of ether oxygens (including phenoxy) is 1. The summed E-state index contributed by atoms with van der Waals surface area (Å²) in [5.41, 5.74) is 1.20. The van der Waals surface area contributed by atoms with E-state index in [9.17, 15) is 5.11 Å². The number of nitrogens with zero attached hydrogens (tertiary/aromatic N) is 1. The normalized spacial score (nSPS) is 20.0. The molecule has 1 atom stereocenters. The van der Waals surface area contributed by atoms with Gasteiger partial charge in [0.25, 0.3) is 0 Å². The lowest BCUT2D eigenvalue weighted by molar-refractivity contribution is 0.166. The fraction of sp³-hybridized carbons (Fsp3) is 0.625. The first-order valence-electron chi connectivity index (χ1n) is 7.54. The largest absolute Gasteiger partial charge is 0.504 e. The summed E-state index contributed by atoms with van der Waals surface area (Å²) in [5.74, 6) is 1.56. The molecule has 0 saturated carbocycles. The first-order valence-corrected chi connectivity index (χ1v) is 7.54. The third kappa shape index (κ3) is 4.12. The van der Waals surface area contributed by atoms with Gasteiger partial charge in [0, 0.05) is 13.1 Å². The Labute approximate surface area is 121 Å². The second kappa shape index (κ2) is 7.50. The number of hydrogen-bond donors (Lipinski definition) is 2. The predicted octanol–water partition coefficient (Wildman–Crippen LogP) is 2.22. The van der Waals surface area contributed by atoms with Crippen molar-refractivity contribution in [2.45, 2.75) is 26.3 Å². The molecule has 0 amide bonds. The number of phenolic OH excluding ortho intramolecular Hbond substituents is 1. The molecule has 1 heterocycles. The number of benzene rings is 1. The van der Waals surface area contributed by atoms with E-state index in [1.165, 1.54) is 18.4 Å². The third-order valence-electron chi connectivity index (χ3n) is 3.83. The Morgan fingerprint density at radius 2 is 2.30 bits per heavy atom. The topological polar surface area (TPSA) is 44.7 Å². The van der Waals surface area contributed by atoms with Crippen LogP contribution in [0.25, 0.3) is 0 Å². The number of rotatable bonds is 6. The van der Waals surface area contributed by atoms with Crippen molar-refractivity contribution in [3.8, 4) is 11.5 Å². The Hall–Kier alpha value is -1.26. The maximum Gasteiger partial charge on any atom is 0.161 e. The summed E-state index contributed by atoms with van der Waals surface area (Å²) in [6, 6.07) is 5.68. The molecule has 2 N–H and O–H groups in total. The van der Waals surface area contributed by atoms with E-state index >= 15 is 0 Å². The van der Waals surface area contributed by atoms with Crippen molar-refractivity contribution in [2.75, 3.05) is 33.3 Å². The highest BCUT2D eigenvalue weighted by molar-refractivity contribution is 5.41. The van der Waals surface area contributed by atoms with E-state index in [0.29, 0.717) is 12.4 Å². The van der Waals surface area contributed by atoms with Gasteiger partial charge in [0.15, 0.2) is 11.5 Å². The molecule has 0 bridgehead atoms. The van der Waals surface area contributed by atoms with Crippen LogP contribution in [0.4, 0.5) is 0 Å². The standard InChI is InChI=1S/C16H26N2O2/c1-3-20-16-9-13(6-7-15(16)19)11-18-8-4-5-14(12-18)10-17-2/h6-7,9,14,17,19H,3-5,8,10-12H2,1-2H3. The van der Waals surface area contributed by atoms with Crippen molar-refractivity contribution < 1.29 is 9.84 Å². The van der Waals surface area contributed by atoms with Crippen LogP contribution in [-0.4, -0.2) is 43.3 Å². The quantitative estimate of drug-likeness (QED) is 0.837. The minimum atomic E-state index is 0.224. The van der Waals surface area contributed by atoms with Crippen LogP contribution in [0, 0.1) is 5.92 Å². The van der Waals surface area contributed by atoms with Crippen LogP contribution < -0.4 is 10.1 Å². The van der Waals surface area contributed by atoms with Crippen LogP contribution in [0.3, 0.4) is 0 Å². The molecular formula is C16H26N2O2. The monoisotopic (exact) mass is 278 g/mol. The van der Waals surface area contributed by atoms with E-state index in [-0.39, 0.29) is 5.75 Å². The molecule has 1 aromatic rings. The average molecular weight is 278 g/mol. The zero-order valence-corrected chi connectivity index (χ0v) is 12.6. The molecule has 4 heteroatoms. The molecule has 1 aliphatic rings. The van der Waals surface area contributed by atoms with Crippen molar-refractivity contribution in [2.24, 2.45) is 5.92 Å². The molecule has 0 spiro atoms. The zero-order chi connectivity index (χ0) is 14.4. The van der Waals surface area contributed by atoms with Crippen LogP contribution in [0.5, 0.6) is 11.5 Å². The number of likely N-dealkylation sites (tertiary alicyclic amines) is 1. The molecule has 112 valence electrons. The van der Waals surface area contributed by atoms with Gasteiger partial charge in [0.1, 0.15) is 0 Å². The molecule has 1 saturated heterocycles. The Kier molecular flexibility index (Phi) is 5.68. The Morgan fingerprint density at radius 1 is 1.45 bits per heavy atom. The second-order valence-corrected chi connectivity index (χ2v) is 5.54. The van der Waals surface area contributed by atoms with E-state index < -0.39 is 0 Å². The van der Waals surface area contributed by atoms with Crippen molar-refractivity contribution in [1.29, 1.82) is 0 Å². The molecule has 1 fully saturated rings. The van der Waals surface area contributed by atoms with Gasteiger partial charge < -0.3 is 15.2 Å². The highest BCUT2D eigenvalue weighted by atomic mass is 16.5. The number of hydrogen-bond acceptors (Lipinski definition) is 4. The molecule has 20 heavy (non-hydrogen) atoms. The summed E-state index contributed by atoms with van der Waals surface area (Å²) >= 11 is 0. The molecule has 1 aliphatic heterocycles. The summed E-state index contributed by atoms with van der Waals surface area (Å²) in [5, 5.41) is 13.0. The molecule has 4 nitrogen and oxygen atoms in total. The van der Waals surface area contributed by atoms with Crippen LogP contribution in [0.2, 0.25) is 0 Å². The van der Waals surface area contributed by atoms with Gasteiger partial charge in [-0.05, 0) is 63.5 Å². The van der Waals surface area contributed by atoms with Crippen molar-refractivity contribution in [3.63, 3.8) is 0 Å². The SMILES string of the molecule is CCOc1cc(CN2CCCC(CNC)C2)ccc1O. The maximum absolute atomic E-state index is 9.74. The van der Waals surface area contributed by atoms with Crippen molar-refractivity contribution in [1.82, 2.24) is 10.2 Å². The summed E-state index contributed by atoms with van der Waals surface area (Å²) in [4.78, 5) is 2.49. The predicted molar refractivity (Wildman–Crippen MR) is 81.2 cm³/mol. The van der Waals surface area contributed by atoms with Crippen LogP contribution in [0.1, 0.15) is 25.3 Å². The summed E-state index contributed by atoms with van der Waals surface area (Å²) in [6.07, 6.45) is 2.58. The molecule has 0 aliphatic carbocycles. The lowest BCUT2D eigenvalue weighted by Crippen LogP contribution is -2.38. The number of piperidine rings is 1. The van der Waals surface area contributed by atoms with Crippen molar-refractivity contribution in [3.05, 3.63) is 23.8 Å². The number of phenols is 1.